The summed E-state index contributed by atoms with van der Waals surface area (Å²) in [5.74, 6) is -0.749. The van der Waals surface area contributed by atoms with Crippen LogP contribution in [0.5, 0.6) is 0 Å². The van der Waals surface area contributed by atoms with E-state index in [1.165, 1.54) is 12.1 Å². The van der Waals surface area contributed by atoms with Gasteiger partial charge in [-0.05, 0) is 34.1 Å². The molecule has 1 aromatic carbocycles. The van der Waals surface area contributed by atoms with E-state index in [4.69, 9.17) is 0 Å². The van der Waals surface area contributed by atoms with Crippen LogP contribution in [0.1, 0.15) is 31.2 Å². The van der Waals surface area contributed by atoms with Crippen molar-refractivity contribution in [2.24, 2.45) is 0 Å². The number of hydrogen-bond acceptors (Lipinski definition) is 2. The first kappa shape index (κ1) is 15.9. The third-order valence-corrected chi connectivity index (χ3v) is 3.21. The summed E-state index contributed by atoms with van der Waals surface area (Å²) in [4.78, 5) is 8.42. The zero-order valence-electron chi connectivity index (χ0n) is 11.2. The standard InChI is InChI=1S/C14H11BrF4N2/c1-7(2)13-20-11(6-12(15)21-13)8-3-4-9(10(16)5-8)14(17,18)19/h3-7H,1-2H3. The van der Waals surface area contributed by atoms with Gasteiger partial charge in [0.05, 0.1) is 11.3 Å². The van der Waals surface area contributed by atoms with E-state index in [9.17, 15) is 17.6 Å². The van der Waals surface area contributed by atoms with E-state index in [0.29, 0.717) is 16.1 Å². The molecule has 2 nitrogen and oxygen atoms in total. The van der Waals surface area contributed by atoms with Crippen molar-refractivity contribution < 1.29 is 17.6 Å². The molecule has 0 N–H and O–H groups in total. The van der Waals surface area contributed by atoms with E-state index < -0.39 is 17.6 Å². The Labute approximate surface area is 127 Å². The minimum atomic E-state index is -4.71. The molecule has 0 fully saturated rings. The average molecular weight is 363 g/mol. The van der Waals surface area contributed by atoms with E-state index in [2.05, 4.69) is 25.9 Å². The summed E-state index contributed by atoms with van der Waals surface area (Å²) < 4.78 is 51.7. The number of nitrogens with zero attached hydrogens (tertiary/aromatic N) is 2. The number of halogens is 5. The first-order valence-corrected chi connectivity index (χ1v) is 6.89. The van der Waals surface area contributed by atoms with E-state index in [1.807, 2.05) is 13.8 Å². The molecular formula is C14H11BrF4N2. The van der Waals surface area contributed by atoms with Gasteiger partial charge < -0.3 is 0 Å². The van der Waals surface area contributed by atoms with Crippen LogP contribution in [-0.4, -0.2) is 9.97 Å². The van der Waals surface area contributed by atoms with Gasteiger partial charge >= 0.3 is 6.18 Å². The maximum atomic E-state index is 13.6. The minimum absolute atomic E-state index is 0.0422. The Balaban J connectivity index is 2.51. The fourth-order valence-electron chi connectivity index (χ4n) is 1.75. The summed E-state index contributed by atoms with van der Waals surface area (Å²) in [6.45, 7) is 3.78. The van der Waals surface area contributed by atoms with Crippen LogP contribution < -0.4 is 0 Å². The molecular weight excluding hydrogens is 352 g/mol. The minimum Gasteiger partial charge on any atom is -0.233 e. The lowest BCUT2D eigenvalue weighted by molar-refractivity contribution is -0.139. The molecule has 0 radical (unpaired) electrons. The molecule has 1 heterocycles. The van der Waals surface area contributed by atoms with Crippen LogP contribution in [0.4, 0.5) is 17.6 Å². The second-order valence-corrected chi connectivity index (χ2v) is 5.59. The Kier molecular flexibility index (Phi) is 4.32. The summed E-state index contributed by atoms with van der Waals surface area (Å²) in [7, 11) is 0. The van der Waals surface area contributed by atoms with Crippen LogP contribution >= 0.6 is 15.9 Å². The van der Waals surface area contributed by atoms with Crippen LogP contribution in [0.2, 0.25) is 0 Å². The first-order valence-electron chi connectivity index (χ1n) is 6.10. The largest absolute Gasteiger partial charge is 0.419 e. The molecule has 7 heteroatoms. The second kappa shape index (κ2) is 5.71. The van der Waals surface area contributed by atoms with Crippen molar-refractivity contribution in [3.63, 3.8) is 0 Å². The molecule has 0 aliphatic heterocycles. The van der Waals surface area contributed by atoms with Gasteiger partial charge in [-0.15, -0.1) is 0 Å². The van der Waals surface area contributed by atoms with Crippen LogP contribution in [0.15, 0.2) is 28.9 Å². The van der Waals surface area contributed by atoms with Crippen LogP contribution in [0.3, 0.4) is 0 Å². The van der Waals surface area contributed by atoms with Gasteiger partial charge in [-0.1, -0.05) is 19.9 Å². The van der Waals surface area contributed by atoms with Gasteiger partial charge in [-0.2, -0.15) is 13.2 Å². The fourth-order valence-corrected chi connectivity index (χ4v) is 2.14. The van der Waals surface area contributed by atoms with Gasteiger partial charge in [0.2, 0.25) is 0 Å². The maximum absolute atomic E-state index is 13.6. The molecule has 2 rings (SSSR count). The molecule has 112 valence electrons. The highest BCUT2D eigenvalue weighted by molar-refractivity contribution is 9.10. The molecule has 0 bridgehead atoms. The Hall–Kier alpha value is -1.50. The molecule has 0 spiro atoms. The summed E-state index contributed by atoms with van der Waals surface area (Å²) in [5, 5.41) is 0. The topological polar surface area (TPSA) is 25.8 Å². The second-order valence-electron chi connectivity index (χ2n) is 4.78. The lowest BCUT2D eigenvalue weighted by Crippen LogP contribution is -2.08. The number of benzene rings is 1. The van der Waals surface area contributed by atoms with Crippen molar-refractivity contribution in [2.45, 2.75) is 25.9 Å². The van der Waals surface area contributed by atoms with E-state index in [1.54, 1.807) is 0 Å². The van der Waals surface area contributed by atoms with Crippen LogP contribution in [0, 0.1) is 5.82 Å². The number of alkyl halides is 3. The van der Waals surface area contributed by atoms with Gasteiger partial charge in [-0.3, -0.25) is 0 Å². The number of hydrogen-bond donors (Lipinski definition) is 0. The van der Waals surface area contributed by atoms with Gasteiger partial charge in [0.1, 0.15) is 16.2 Å². The van der Waals surface area contributed by atoms with Crippen molar-refractivity contribution in [1.82, 2.24) is 9.97 Å². The van der Waals surface area contributed by atoms with Crippen LogP contribution in [-0.2, 0) is 6.18 Å². The monoisotopic (exact) mass is 362 g/mol. The molecule has 1 aromatic heterocycles. The first-order chi connectivity index (χ1) is 9.68. The summed E-state index contributed by atoms with van der Waals surface area (Å²) >= 11 is 3.22. The summed E-state index contributed by atoms with van der Waals surface area (Å²) in [6.07, 6.45) is -4.71. The Morgan fingerprint density at radius 3 is 2.29 bits per heavy atom. The predicted molar refractivity (Wildman–Crippen MR) is 74.2 cm³/mol. The predicted octanol–water partition coefficient (Wildman–Crippen LogP) is 5.19. The smallest absolute Gasteiger partial charge is 0.233 e. The highest BCUT2D eigenvalue weighted by Crippen LogP contribution is 2.33. The molecule has 21 heavy (non-hydrogen) atoms. The van der Waals surface area contributed by atoms with Gasteiger partial charge in [-0.25, -0.2) is 14.4 Å². The Morgan fingerprint density at radius 1 is 1.10 bits per heavy atom. The molecule has 0 aliphatic rings. The van der Waals surface area contributed by atoms with Gasteiger partial charge in [0.15, 0.2) is 0 Å². The third-order valence-electron chi connectivity index (χ3n) is 2.80. The molecule has 0 amide bonds. The van der Waals surface area contributed by atoms with Crippen LogP contribution in [0.25, 0.3) is 11.3 Å². The van der Waals surface area contributed by atoms with E-state index in [0.717, 1.165) is 12.1 Å². The highest BCUT2D eigenvalue weighted by Gasteiger charge is 2.34. The van der Waals surface area contributed by atoms with Crippen molar-refractivity contribution >= 4 is 15.9 Å². The van der Waals surface area contributed by atoms with Crippen molar-refractivity contribution in [1.29, 1.82) is 0 Å². The zero-order chi connectivity index (χ0) is 15.8. The van der Waals surface area contributed by atoms with Crippen molar-refractivity contribution in [3.05, 3.63) is 46.1 Å². The SMILES string of the molecule is CC(C)c1nc(Br)cc(-c2ccc(C(F)(F)F)c(F)c2)n1. The van der Waals surface area contributed by atoms with Gasteiger partial charge in [0.25, 0.3) is 0 Å². The average Bonchev–Trinajstić information content (AvgIpc) is 2.36. The Bertz CT molecular complexity index is 669. The molecule has 0 saturated heterocycles. The number of aromatic nitrogens is 2. The van der Waals surface area contributed by atoms with E-state index in [-0.39, 0.29) is 11.5 Å². The summed E-state index contributed by atoms with van der Waals surface area (Å²) in [5.41, 5.74) is -0.651. The van der Waals surface area contributed by atoms with Gasteiger partial charge in [0, 0.05) is 11.5 Å². The normalized spacial score (nSPS) is 12.0. The third kappa shape index (κ3) is 3.58. The molecule has 2 aromatic rings. The lowest BCUT2D eigenvalue weighted by Gasteiger charge is -2.11. The van der Waals surface area contributed by atoms with Crippen molar-refractivity contribution in [3.8, 4) is 11.3 Å². The lowest BCUT2D eigenvalue weighted by atomic mass is 10.1. The molecule has 0 atom stereocenters. The fraction of sp³-hybridized carbons (Fsp3) is 0.286. The van der Waals surface area contributed by atoms with E-state index >= 15 is 0 Å². The molecule has 0 aliphatic carbocycles. The quantitative estimate of drug-likeness (QED) is 0.542. The van der Waals surface area contributed by atoms with Crippen molar-refractivity contribution in [2.75, 3.05) is 0 Å². The highest BCUT2D eigenvalue weighted by atomic mass is 79.9. The summed E-state index contributed by atoms with van der Waals surface area (Å²) in [6, 6.07) is 4.29. The molecule has 0 saturated carbocycles. The molecule has 0 unspecified atom stereocenters. The Morgan fingerprint density at radius 2 is 1.76 bits per heavy atom. The number of rotatable bonds is 2. The maximum Gasteiger partial charge on any atom is 0.419 e. The zero-order valence-corrected chi connectivity index (χ0v) is 12.8.